The molecule has 4 amide bonds. The maximum absolute atomic E-state index is 15.1. The molecule has 4 N–H and O–H groups in total. The number of ether oxygens (including phenoxy) is 1. The van der Waals surface area contributed by atoms with E-state index in [1.165, 1.54) is 40.6 Å². The largest absolute Gasteiger partial charge is 0.491 e. The highest BCUT2D eigenvalue weighted by Crippen LogP contribution is 2.36. The Morgan fingerprint density at radius 3 is 2.36 bits per heavy atom. The highest BCUT2D eigenvalue weighted by atomic mass is 32.2. The zero-order valence-corrected chi connectivity index (χ0v) is 28.2. The van der Waals surface area contributed by atoms with Crippen molar-refractivity contribution in [2.24, 2.45) is 15.7 Å². The van der Waals surface area contributed by atoms with Crippen LogP contribution in [0.5, 0.6) is 5.75 Å². The van der Waals surface area contributed by atoms with E-state index >= 15 is 4.39 Å². The molecule has 0 radical (unpaired) electrons. The van der Waals surface area contributed by atoms with Crippen molar-refractivity contribution in [1.29, 1.82) is 0 Å². The molecule has 1 aliphatic rings. The molecule has 0 spiro atoms. The van der Waals surface area contributed by atoms with Crippen LogP contribution >= 0.6 is 21.0 Å². The number of hydrogen-bond acceptors (Lipinski definition) is 7. The molecule has 1 saturated heterocycles. The number of nitrogens with zero attached hydrogens (tertiary/aromatic N) is 3. The van der Waals surface area contributed by atoms with Gasteiger partial charge in [0.15, 0.2) is 5.17 Å². The van der Waals surface area contributed by atoms with E-state index in [2.05, 4.69) is 20.6 Å². The Hall–Kier alpha value is -4.89. The molecule has 18 heteroatoms. The lowest BCUT2D eigenvalue weighted by molar-refractivity contribution is -0.137. The summed E-state index contributed by atoms with van der Waals surface area (Å²) in [6.45, 7) is 1.39. The lowest BCUT2D eigenvalue weighted by atomic mass is 10.1. The van der Waals surface area contributed by atoms with Crippen molar-refractivity contribution in [3.8, 4) is 5.75 Å². The minimum atomic E-state index is -4.57. The summed E-state index contributed by atoms with van der Waals surface area (Å²) in [4.78, 5) is 47.1. The lowest BCUT2D eigenvalue weighted by Crippen LogP contribution is -2.31. The van der Waals surface area contributed by atoms with Gasteiger partial charge in [-0.1, -0.05) is 33.1 Å². The number of amides is 4. The third-order valence-electron chi connectivity index (χ3n) is 6.80. The van der Waals surface area contributed by atoms with Crippen molar-refractivity contribution < 1.29 is 45.5 Å². The van der Waals surface area contributed by atoms with Crippen molar-refractivity contribution in [1.82, 2.24) is 5.32 Å². The molecule has 50 heavy (non-hydrogen) atoms. The number of alkyl halides is 5. The van der Waals surface area contributed by atoms with Crippen molar-refractivity contribution in [3.05, 3.63) is 94.8 Å². The van der Waals surface area contributed by atoms with Gasteiger partial charge in [0, 0.05) is 36.4 Å². The van der Waals surface area contributed by atoms with Crippen LogP contribution < -0.4 is 26.0 Å². The summed E-state index contributed by atoms with van der Waals surface area (Å²) in [6.07, 6.45) is -3.96. The number of urea groups is 1. The number of carbonyl (C=O) groups excluding carboxylic acids is 3. The molecule has 1 heterocycles. The van der Waals surface area contributed by atoms with Gasteiger partial charge in [-0.3, -0.25) is 19.5 Å². The molecule has 0 saturated carbocycles. The number of amidine groups is 2. The number of thioether (sulfide) groups is 1. The SMILES string of the molecule is CN=C(/C=C(\N)c1ccc(NC(=O)/N=C2\SCC(=O)N2c2cc(C)ccc2OCCC(F)(F)P)c(F)c1)NC(=O)c1ccc(C(F)(F)F)cc1. The van der Waals surface area contributed by atoms with Gasteiger partial charge in [-0.15, -0.1) is 0 Å². The van der Waals surface area contributed by atoms with Crippen LogP contribution in [0.1, 0.15) is 33.5 Å². The van der Waals surface area contributed by atoms with E-state index in [0.717, 1.165) is 47.0 Å². The Balaban J connectivity index is 1.46. The first-order chi connectivity index (χ1) is 23.4. The van der Waals surface area contributed by atoms with Crippen LogP contribution in [0.2, 0.25) is 0 Å². The summed E-state index contributed by atoms with van der Waals surface area (Å²) in [7, 11) is 2.74. The zero-order valence-electron chi connectivity index (χ0n) is 26.3. The van der Waals surface area contributed by atoms with Crippen LogP contribution in [0.25, 0.3) is 5.70 Å². The number of halogens is 6. The summed E-state index contributed by atoms with van der Waals surface area (Å²) >= 11 is 0.940. The van der Waals surface area contributed by atoms with Gasteiger partial charge >= 0.3 is 12.2 Å². The first-order valence-electron chi connectivity index (χ1n) is 14.4. The molecule has 4 rings (SSSR count). The molecule has 10 nitrogen and oxygen atoms in total. The predicted molar refractivity (Wildman–Crippen MR) is 183 cm³/mol. The molecular weight excluding hydrogens is 709 g/mol. The van der Waals surface area contributed by atoms with Crippen LogP contribution in [0.3, 0.4) is 0 Å². The normalized spacial score (nSPS) is 15.0. The molecule has 3 aromatic rings. The number of aliphatic imine (C=N–C) groups is 2. The molecular formula is C32H29F6N6O4PS. The smallest absolute Gasteiger partial charge is 0.416 e. The van der Waals surface area contributed by atoms with Crippen LogP contribution in [0.4, 0.5) is 42.5 Å². The predicted octanol–water partition coefficient (Wildman–Crippen LogP) is 6.82. The van der Waals surface area contributed by atoms with E-state index in [0.29, 0.717) is 5.56 Å². The molecule has 0 bridgehead atoms. The van der Waals surface area contributed by atoms with Gasteiger partial charge in [-0.25, -0.2) is 18.0 Å². The highest BCUT2D eigenvalue weighted by Gasteiger charge is 2.33. The minimum Gasteiger partial charge on any atom is -0.491 e. The van der Waals surface area contributed by atoms with Crippen LogP contribution in [-0.2, 0) is 11.0 Å². The van der Waals surface area contributed by atoms with Crippen molar-refractivity contribution in [2.45, 2.75) is 25.2 Å². The van der Waals surface area contributed by atoms with Crippen LogP contribution in [-0.4, -0.2) is 53.9 Å². The molecule has 1 unspecified atom stereocenters. The van der Waals surface area contributed by atoms with Gasteiger partial charge in [0.05, 0.1) is 29.3 Å². The average Bonchev–Trinajstić information content (AvgIpc) is 3.40. The number of nitrogens with two attached hydrogens (primary N) is 1. The molecule has 1 atom stereocenters. The molecule has 1 fully saturated rings. The molecule has 0 aliphatic carbocycles. The second-order valence-electron chi connectivity index (χ2n) is 10.6. The standard InChI is InChI=1S/C32H29F6N6O4PS/c1-17-3-10-25(48-12-11-31(34,35)49)24(13-17)44-27(45)16-50-30(44)43-29(47)41-23-9-6-19(14-21(23)33)22(39)15-26(40-2)42-28(46)18-4-7-20(8-5-18)32(36,37)38/h3-10,13-15H,11-12,16,39,49H2,1-2H3,(H,41,47)(H,40,42,46)/b22-15-,43-30-. The van der Waals surface area contributed by atoms with E-state index in [1.807, 2.05) is 0 Å². The van der Waals surface area contributed by atoms with Crippen LogP contribution in [0.15, 0.2) is 76.7 Å². The summed E-state index contributed by atoms with van der Waals surface area (Å²) in [6, 6.07) is 10.8. The maximum atomic E-state index is 15.1. The highest BCUT2D eigenvalue weighted by molar-refractivity contribution is 8.15. The number of hydrogen-bond donors (Lipinski definition) is 3. The van der Waals surface area contributed by atoms with Gasteiger partial charge in [0.25, 0.3) is 11.6 Å². The molecule has 0 aromatic heterocycles. The zero-order chi connectivity index (χ0) is 36.8. The fraction of sp³-hybridized carbons (Fsp3) is 0.219. The summed E-state index contributed by atoms with van der Waals surface area (Å²) in [5.74, 6) is -2.15. The number of benzene rings is 3. The van der Waals surface area contributed by atoms with Crippen LogP contribution in [0, 0.1) is 12.7 Å². The Kier molecular flexibility index (Phi) is 12.0. The van der Waals surface area contributed by atoms with Gasteiger partial charge in [0.2, 0.25) is 5.91 Å². The number of nitrogens with one attached hydrogen (secondary N) is 2. The molecule has 264 valence electrons. The van der Waals surface area contributed by atoms with Gasteiger partial charge in [-0.2, -0.15) is 18.2 Å². The van der Waals surface area contributed by atoms with E-state index in [-0.39, 0.29) is 57.3 Å². The number of carbonyl (C=O) groups is 3. The lowest BCUT2D eigenvalue weighted by Gasteiger charge is -2.21. The van der Waals surface area contributed by atoms with Crippen molar-refractivity contribution >= 4 is 66.9 Å². The first-order valence-corrected chi connectivity index (χ1v) is 16.0. The van der Waals surface area contributed by atoms with E-state index in [9.17, 15) is 36.3 Å². The maximum Gasteiger partial charge on any atom is 0.416 e. The third kappa shape index (κ3) is 10.1. The van der Waals surface area contributed by atoms with Gasteiger partial charge < -0.3 is 21.1 Å². The second-order valence-corrected chi connectivity index (χ2v) is 12.4. The van der Waals surface area contributed by atoms with Gasteiger partial charge in [-0.05, 0) is 61.0 Å². The van der Waals surface area contributed by atoms with E-state index < -0.39 is 47.5 Å². The fourth-order valence-corrected chi connectivity index (χ4v) is 5.29. The average molecular weight is 739 g/mol. The fourth-order valence-electron chi connectivity index (χ4n) is 4.32. The van der Waals surface area contributed by atoms with Crippen molar-refractivity contribution in [2.75, 3.05) is 29.6 Å². The van der Waals surface area contributed by atoms with E-state index in [1.54, 1.807) is 19.1 Å². The number of anilines is 2. The summed E-state index contributed by atoms with van der Waals surface area (Å²) < 4.78 is 85.7. The molecule has 3 aromatic carbocycles. The summed E-state index contributed by atoms with van der Waals surface area (Å²) in [5.41, 5.74) is 2.75. The Labute approximate surface area is 288 Å². The van der Waals surface area contributed by atoms with Crippen molar-refractivity contribution in [3.63, 3.8) is 0 Å². The van der Waals surface area contributed by atoms with E-state index in [4.69, 9.17) is 10.5 Å². The summed E-state index contributed by atoms with van der Waals surface area (Å²) in [5, 5.41) is 4.66. The number of rotatable bonds is 9. The topological polar surface area (TPSA) is 138 Å². The first kappa shape index (κ1) is 37.9. The number of aryl methyl sites for hydroxylation is 1. The Morgan fingerprint density at radius 1 is 1.06 bits per heavy atom. The van der Waals surface area contributed by atoms with Gasteiger partial charge in [0.1, 0.15) is 17.4 Å². The molecule has 1 aliphatic heterocycles. The quantitative estimate of drug-likeness (QED) is 0.0955. The Morgan fingerprint density at radius 2 is 1.74 bits per heavy atom. The minimum absolute atomic E-state index is 0.0479. The third-order valence-corrected chi connectivity index (χ3v) is 8.02. The Bertz CT molecular complexity index is 1880. The second kappa shape index (κ2) is 15.8. The monoisotopic (exact) mass is 738 g/mol.